The first-order valence-corrected chi connectivity index (χ1v) is 3.89. The molecule has 0 saturated carbocycles. The molecule has 76 valence electrons. The predicted octanol–water partition coefficient (Wildman–Crippen LogP) is -0.386. The second-order valence-electron chi connectivity index (χ2n) is 2.02. The van der Waals surface area contributed by atoms with Crippen molar-refractivity contribution >= 4 is 12.1 Å². The Balaban J connectivity index is 3.78. The van der Waals surface area contributed by atoms with Gasteiger partial charge in [0.15, 0.2) is 0 Å². The Morgan fingerprint density at radius 3 is 2.31 bits per heavy atom. The van der Waals surface area contributed by atoms with Gasteiger partial charge in [-0.2, -0.15) is 0 Å². The van der Waals surface area contributed by atoms with Gasteiger partial charge in [0, 0.05) is 0 Å². The molecule has 6 heteroatoms. The number of esters is 1. The fourth-order valence-electron chi connectivity index (χ4n) is 0.565. The zero-order chi connectivity index (χ0) is 10.3. The molecule has 0 aliphatic heterocycles. The summed E-state index contributed by atoms with van der Waals surface area (Å²) in [6, 6.07) is 0. The quantitative estimate of drug-likeness (QED) is 0.467. The van der Waals surface area contributed by atoms with Crippen molar-refractivity contribution in [2.45, 2.75) is 20.1 Å². The van der Waals surface area contributed by atoms with Crippen LogP contribution in [0.4, 0.5) is 4.79 Å². The lowest BCUT2D eigenvalue weighted by Gasteiger charge is -2.10. The molecule has 0 rings (SSSR count). The molecule has 0 saturated heterocycles. The lowest BCUT2D eigenvalue weighted by atomic mass is 10.6. The fourth-order valence-corrected chi connectivity index (χ4v) is 0.565. The molecule has 0 aliphatic rings. The van der Waals surface area contributed by atoms with Crippen molar-refractivity contribution in [3.8, 4) is 0 Å². The summed E-state index contributed by atoms with van der Waals surface area (Å²) in [6.45, 7) is 3.51. The number of ether oxygens (including phenoxy) is 2. The third kappa shape index (κ3) is 5.02. The molecule has 0 spiro atoms. The van der Waals surface area contributed by atoms with Gasteiger partial charge in [0.1, 0.15) is 0 Å². The van der Waals surface area contributed by atoms with Crippen LogP contribution in [0.25, 0.3) is 0 Å². The normalized spacial score (nSPS) is 11.6. The Hall–Kier alpha value is -1.30. The highest BCUT2D eigenvalue weighted by Gasteiger charge is 2.18. The van der Waals surface area contributed by atoms with E-state index >= 15 is 0 Å². The maximum absolute atomic E-state index is 10.7. The summed E-state index contributed by atoms with van der Waals surface area (Å²) in [6.07, 6.45) is -2.53. The maximum atomic E-state index is 10.7. The molecule has 0 aliphatic carbocycles. The molecule has 0 radical (unpaired) electrons. The minimum atomic E-state index is -1.67. The first-order valence-electron chi connectivity index (χ1n) is 3.89. The predicted molar refractivity (Wildman–Crippen MR) is 42.8 cm³/mol. The number of nitrogens with one attached hydrogen (secondary N) is 1. The molecule has 6 nitrogen and oxygen atoms in total. The van der Waals surface area contributed by atoms with Crippen LogP contribution >= 0.6 is 0 Å². The highest BCUT2D eigenvalue weighted by atomic mass is 16.6. The molecule has 0 aromatic rings. The Morgan fingerprint density at radius 2 is 1.85 bits per heavy atom. The van der Waals surface area contributed by atoms with Crippen LogP contribution in [-0.4, -0.2) is 36.6 Å². The van der Waals surface area contributed by atoms with Crippen molar-refractivity contribution in [1.29, 1.82) is 0 Å². The van der Waals surface area contributed by atoms with Crippen LogP contribution < -0.4 is 5.32 Å². The molecular weight excluding hydrogens is 178 g/mol. The Kier molecular flexibility index (Phi) is 5.62. The average molecular weight is 191 g/mol. The summed E-state index contributed by atoms with van der Waals surface area (Å²) in [5.74, 6) is -0.907. The van der Waals surface area contributed by atoms with Crippen LogP contribution in [0.15, 0.2) is 0 Å². The number of amides is 1. The Bertz CT molecular complexity index is 182. The van der Waals surface area contributed by atoms with Gasteiger partial charge in [-0.1, -0.05) is 0 Å². The second-order valence-corrected chi connectivity index (χ2v) is 2.02. The number of carbonyl (C=O) groups excluding carboxylic acids is 2. The van der Waals surface area contributed by atoms with Crippen molar-refractivity contribution in [1.82, 2.24) is 5.32 Å². The van der Waals surface area contributed by atoms with E-state index < -0.39 is 18.3 Å². The van der Waals surface area contributed by atoms with Crippen LogP contribution in [0, 0.1) is 0 Å². The topological polar surface area (TPSA) is 84.9 Å². The smallest absolute Gasteiger partial charge is 0.409 e. The molecular formula is C7H13NO5. The summed E-state index contributed by atoms with van der Waals surface area (Å²) < 4.78 is 8.85. The van der Waals surface area contributed by atoms with Gasteiger partial charge in [0.05, 0.1) is 13.2 Å². The lowest BCUT2D eigenvalue weighted by Crippen LogP contribution is -2.41. The van der Waals surface area contributed by atoms with Gasteiger partial charge in [0.25, 0.3) is 0 Å². The van der Waals surface area contributed by atoms with E-state index in [2.05, 4.69) is 9.47 Å². The molecule has 1 unspecified atom stereocenters. The summed E-state index contributed by atoms with van der Waals surface area (Å²) in [5.41, 5.74) is 0. The number of alkyl carbamates (subject to hydrolysis) is 1. The van der Waals surface area contributed by atoms with E-state index in [1.807, 2.05) is 5.32 Å². The van der Waals surface area contributed by atoms with Crippen LogP contribution in [0.1, 0.15) is 13.8 Å². The summed E-state index contributed by atoms with van der Waals surface area (Å²) in [5, 5.41) is 10.8. The van der Waals surface area contributed by atoms with Gasteiger partial charge in [-0.15, -0.1) is 0 Å². The molecule has 1 amide bonds. The van der Waals surface area contributed by atoms with Crippen molar-refractivity contribution in [2.24, 2.45) is 0 Å². The summed E-state index contributed by atoms with van der Waals surface area (Å²) >= 11 is 0. The van der Waals surface area contributed by atoms with E-state index in [4.69, 9.17) is 5.11 Å². The summed E-state index contributed by atoms with van der Waals surface area (Å²) in [7, 11) is 0. The molecule has 0 heterocycles. The van der Waals surface area contributed by atoms with Crippen LogP contribution in [0.2, 0.25) is 0 Å². The average Bonchev–Trinajstić information content (AvgIpc) is 2.05. The monoisotopic (exact) mass is 191 g/mol. The van der Waals surface area contributed by atoms with Gasteiger partial charge in [-0.3, -0.25) is 5.32 Å². The second kappa shape index (κ2) is 6.24. The molecule has 0 bridgehead atoms. The number of hydrogen-bond donors (Lipinski definition) is 2. The molecule has 0 aromatic heterocycles. The van der Waals surface area contributed by atoms with Crippen LogP contribution in [0.5, 0.6) is 0 Å². The van der Waals surface area contributed by atoms with E-state index in [0.29, 0.717) is 0 Å². The van der Waals surface area contributed by atoms with Crippen molar-refractivity contribution in [2.75, 3.05) is 13.2 Å². The van der Waals surface area contributed by atoms with Gasteiger partial charge in [-0.25, -0.2) is 9.59 Å². The van der Waals surface area contributed by atoms with Crippen molar-refractivity contribution in [3.63, 3.8) is 0 Å². The zero-order valence-corrected chi connectivity index (χ0v) is 7.57. The summed E-state index contributed by atoms with van der Waals surface area (Å²) in [4.78, 5) is 21.4. The SMILES string of the molecule is CCOC(=O)NC(O)C(=O)OCC. The molecule has 13 heavy (non-hydrogen) atoms. The number of aliphatic hydroxyl groups excluding tert-OH is 1. The van der Waals surface area contributed by atoms with E-state index in [1.54, 1.807) is 13.8 Å². The Morgan fingerprint density at radius 1 is 1.31 bits per heavy atom. The first kappa shape index (κ1) is 11.7. The molecule has 2 N–H and O–H groups in total. The van der Waals surface area contributed by atoms with E-state index in [1.165, 1.54) is 0 Å². The minimum absolute atomic E-state index is 0.139. The largest absolute Gasteiger partial charge is 0.463 e. The van der Waals surface area contributed by atoms with Crippen LogP contribution in [0.3, 0.4) is 0 Å². The highest BCUT2D eigenvalue weighted by molar-refractivity contribution is 5.79. The van der Waals surface area contributed by atoms with Gasteiger partial charge in [-0.05, 0) is 13.8 Å². The fraction of sp³-hybridized carbons (Fsp3) is 0.714. The van der Waals surface area contributed by atoms with Gasteiger partial charge in [0.2, 0.25) is 6.23 Å². The van der Waals surface area contributed by atoms with E-state index in [9.17, 15) is 9.59 Å². The maximum Gasteiger partial charge on any atom is 0.409 e. The number of hydrogen-bond acceptors (Lipinski definition) is 5. The molecule has 0 aromatic carbocycles. The number of aliphatic hydroxyl groups is 1. The van der Waals surface area contributed by atoms with E-state index in [0.717, 1.165) is 0 Å². The van der Waals surface area contributed by atoms with Crippen molar-refractivity contribution < 1.29 is 24.2 Å². The third-order valence-electron chi connectivity index (χ3n) is 1.04. The van der Waals surface area contributed by atoms with Gasteiger partial charge < -0.3 is 14.6 Å². The number of carbonyl (C=O) groups is 2. The lowest BCUT2D eigenvalue weighted by molar-refractivity contribution is -0.154. The standard InChI is InChI=1S/C7H13NO5/c1-3-12-6(10)5(9)8-7(11)13-4-2/h5,9H,3-4H2,1-2H3,(H,8,11). The molecule has 0 fully saturated rings. The highest BCUT2D eigenvalue weighted by Crippen LogP contribution is 1.86. The van der Waals surface area contributed by atoms with Gasteiger partial charge >= 0.3 is 12.1 Å². The first-order chi connectivity index (χ1) is 6.11. The zero-order valence-electron chi connectivity index (χ0n) is 7.57. The minimum Gasteiger partial charge on any atom is -0.463 e. The third-order valence-corrected chi connectivity index (χ3v) is 1.04. The van der Waals surface area contributed by atoms with Crippen molar-refractivity contribution in [3.05, 3.63) is 0 Å². The van der Waals surface area contributed by atoms with Crippen LogP contribution in [-0.2, 0) is 14.3 Å². The van der Waals surface area contributed by atoms with E-state index in [-0.39, 0.29) is 13.2 Å². The molecule has 1 atom stereocenters. The number of rotatable bonds is 4. The Labute approximate surface area is 75.8 Å².